The van der Waals surface area contributed by atoms with Gasteiger partial charge in [0.2, 0.25) is 5.91 Å². The van der Waals surface area contributed by atoms with Crippen molar-refractivity contribution in [3.63, 3.8) is 0 Å². The van der Waals surface area contributed by atoms with Crippen LogP contribution in [0.1, 0.15) is 38.2 Å². The van der Waals surface area contributed by atoms with Crippen LogP contribution in [0.25, 0.3) is 0 Å². The highest BCUT2D eigenvalue weighted by Gasteiger charge is 2.37. The van der Waals surface area contributed by atoms with Crippen molar-refractivity contribution in [2.45, 2.75) is 38.1 Å². The van der Waals surface area contributed by atoms with Crippen molar-refractivity contribution in [3.05, 3.63) is 29.8 Å². The molecule has 1 atom stereocenters. The van der Waals surface area contributed by atoms with Crippen molar-refractivity contribution in [1.82, 2.24) is 5.32 Å². The summed E-state index contributed by atoms with van der Waals surface area (Å²) in [6.07, 6.45) is 4.26. The Bertz CT molecular complexity index is 456. The molecule has 0 heterocycles. The highest BCUT2D eigenvalue weighted by molar-refractivity contribution is 5.85. The van der Waals surface area contributed by atoms with Gasteiger partial charge in [-0.25, -0.2) is 0 Å². The summed E-state index contributed by atoms with van der Waals surface area (Å²) in [6, 6.07) is 8.01. The predicted molar refractivity (Wildman–Crippen MR) is 86.7 cm³/mol. The molecule has 1 aromatic rings. The van der Waals surface area contributed by atoms with Crippen molar-refractivity contribution in [2.24, 2.45) is 11.7 Å². The standard InChI is InChI=1S/C16H24N2O2.ClH/c1-12(11-17)15(19)18-16(9-3-4-10-16)13-5-7-14(20-2)8-6-13;/h5-8,12H,3-4,9-11,17H2,1-2H3,(H,18,19);1H. The molecule has 0 radical (unpaired) electrons. The molecule has 5 heteroatoms. The van der Waals surface area contributed by atoms with Gasteiger partial charge in [-0.2, -0.15) is 0 Å². The fourth-order valence-corrected chi connectivity index (χ4v) is 2.84. The van der Waals surface area contributed by atoms with Gasteiger partial charge in [-0.3, -0.25) is 4.79 Å². The Labute approximate surface area is 132 Å². The van der Waals surface area contributed by atoms with E-state index < -0.39 is 0 Å². The summed E-state index contributed by atoms with van der Waals surface area (Å²) in [5.74, 6) is 0.736. The fraction of sp³-hybridized carbons (Fsp3) is 0.562. The summed E-state index contributed by atoms with van der Waals surface area (Å²) >= 11 is 0. The van der Waals surface area contributed by atoms with E-state index in [1.54, 1.807) is 7.11 Å². The monoisotopic (exact) mass is 312 g/mol. The second kappa shape index (κ2) is 7.66. The molecule has 1 aliphatic rings. The number of halogens is 1. The van der Waals surface area contributed by atoms with E-state index in [-0.39, 0.29) is 29.8 Å². The average Bonchev–Trinajstić information content (AvgIpc) is 2.96. The molecular weight excluding hydrogens is 288 g/mol. The lowest BCUT2D eigenvalue weighted by Gasteiger charge is -2.32. The molecule has 1 amide bonds. The van der Waals surface area contributed by atoms with Gasteiger partial charge >= 0.3 is 0 Å². The van der Waals surface area contributed by atoms with E-state index in [9.17, 15) is 4.79 Å². The summed E-state index contributed by atoms with van der Waals surface area (Å²) in [7, 11) is 1.66. The molecule has 1 aromatic carbocycles. The van der Waals surface area contributed by atoms with Gasteiger partial charge in [0.1, 0.15) is 5.75 Å². The van der Waals surface area contributed by atoms with Crippen LogP contribution in [-0.4, -0.2) is 19.6 Å². The van der Waals surface area contributed by atoms with E-state index in [1.807, 2.05) is 19.1 Å². The second-order valence-corrected chi connectivity index (χ2v) is 5.64. The van der Waals surface area contributed by atoms with Crippen LogP contribution in [0.5, 0.6) is 5.75 Å². The molecular formula is C16H25ClN2O2. The van der Waals surface area contributed by atoms with Crippen molar-refractivity contribution < 1.29 is 9.53 Å². The van der Waals surface area contributed by atoms with Gasteiger partial charge in [0.15, 0.2) is 0 Å². The van der Waals surface area contributed by atoms with E-state index in [0.717, 1.165) is 37.0 Å². The number of nitrogens with one attached hydrogen (secondary N) is 1. The van der Waals surface area contributed by atoms with Crippen LogP contribution < -0.4 is 15.8 Å². The molecule has 0 aliphatic heterocycles. The molecule has 2 rings (SSSR count). The number of rotatable bonds is 5. The van der Waals surface area contributed by atoms with Gasteiger partial charge < -0.3 is 15.8 Å². The van der Waals surface area contributed by atoms with Gasteiger partial charge in [0.05, 0.1) is 12.6 Å². The largest absolute Gasteiger partial charge is 0.497 e. The molecule has 1 aliphatic carbocycles. The molecule has 118 valence electrons. The number of ether oxygens (including phenoxy) is 1. The molecule has 0 aromatic heterocycles. The summed E-state index contributed by atoms with van der Waals surface area (Å²) < 4.78 is 5.20. The Kier molecular flexibility index (Phi) is 6.49. The van der Waals surface area contributed by atoms with Crippen molar-refractivity contribution in [1.29, 1.82) is 0 Å². The minimum atomic E-state index is -0.229. The Morgan fingerprint density at radius 2 is 1.90 bits per heavy atom. The predicted octanol–water partition coefficient (Wildman–Crippen LogP) is 2.60. The smallest absolute Gasteiger partial charge is 0.224 e. The van der Waals surface area contributed by atoms with Gasteiger partial charge in [0.25, 0.3) is 0 Å². The molecule has 4 nitrogen and oxygen atoms in total. The highest BCUT2D eigenvalue weighted by Crippen LogP contribution is 2.39. The number of carbonyl (C=O) groups excluding carboxylic acids is 1. The number of hydrogen-bond acceptors (Lipinski definition) is 3. The van der Waals surface area contributed by atoms with Crippen molar-refractivity contribution in [3.8, 4) is 5.75 Å². The third kappa shape index (κ3) is 3.89. The lowest BCUT2D eigenvalue weighted by atomic mass is 9.87. The number of hydrogen-bond donors (Lipinski definition) is 2. The van der Waals surface area contributed by atoms with E-state index in [1.165, 1.54) is 0 Å². The van der Waals surface area contributed by atoms with Crippen LogP contribution in [0.3, 0.4) is 0 Å². The lowest BCUT2D eigenvalue weighted by molar-refractivity contribution is -0.126. The Hall–Kier alpha value is -1.26. The second-order valence-electron chi connectivity index (χ2n) is 5.64. The maximum atomic E-state index is 12.2. The third-order valence-corrected chi connectivity index (χ3v) is 4.26. The molecule has 0 spiro atoms. The Balaban J connectivity index is 0.00000220. The number of nitrogens with two attached hydrogens (primary N) is 1. The summed E-state index contributed by atoms with van der Waals surface area (Å²) in [6.45, 7) is 2.25. The minimum Gasteiger partial charge on any atom is -0.497 e. The first kappa shape index (κ1) is 17.8. The van der Waals surface area contributed by atoms with Gasteiger partial charge in [-0.1, -0.05) is 31.9 Å². The number of methoxy groups -OCH3 is 1. The van der Waals surface area contributed by atoms with Crippen LogP contribution in [0.2, 0.25) is 0 Å². The van der Waals surface area contributed by atoms with E-state index in [4.69, 9.17) is 10.5 Å². The lowest BCUT2D eigenvalue weighted by Crippen LogP contribution is -2.47. The van der Waals surface area contributed by atoms with Crippen LogP contribution >= 0.6 is 12.4 Å². The van der Waals surface area contributed by atoms with Gasteiger partial charge in [-0.15, -0.1) is 12.4 Å². The molecule has 0 bridgehead atoms. The third-order valence-electron chi connectivity index (χ3n) is 4.26. The topological polar surface area (TPSA) is 64.3 Å². The minimum absolute atomic E-state index is 0. The van der Waals surface area contributed by atoms with Gasteiger partial charge in [0, 0.05) is 12.5 Å². The molecule has 3 N–H and O–H groups in total. The zero-order valence-corrected chi connectivity index (χ0v) is 13.5. The first-order chi connectivity index (χ1) is 9.61. The highest BCUT2D eigenvalue weighted by atomic mass is 35.5. The molecule has 0 saturated heterocycles. The first-order valence-electron chi connectivity index (χ1n) is 7.28. The number of amides is 1. The molecule has 1 fully saturated rings. The van der Waals surface area contributed by atoms with Crippen molar-refractivity contribution in [2.75, 3.05) is 13.7 Å². The van der Waals surface area contributed by atoms with E-state index in [2.05, 4.69) is 17.4 Å². The van der Waals surface area contributed by atoms with Crippen LogP contribution in [-0.2, 0) is 10.3 Å². The van der Waals surface area contributed by atoms with Gasteiger partial charge in [-0.05, 0) is 30.5 Å². The quantitative estimate of drug-likeness (QED) is 0.878. The maximum Gasteiger partial charge on any atom is 0.224 e. The number of carbonyl (C=O) groups is 1. The summed E-state index contributed by atoms with van der Waals surface area (Å²) in [5, 5.41) is 3.24. The first-order valence-corrected chi connectivity index (χ1v) is 7.28. The Morgan fingerprint density at radius 3 is 2.38 bits per heavy atom. The Morgan fingerprint density at radius 1 is 1.33 bits per heavy atom. The van der Waals surface area contributed by atoms with Crippen LogP contribution in [0.4, 0.5) is 0 Å². The zero-order valence-electron chi connectivity index (χ0n) is 12.7. The summed E-state index contributed by atoms with van der Waals surface area (Å²) in [4.78, 5) is 12.2. The molecule has 1 saturated carbocycles. The van der Waals surface area contributed by atoms with Crippen LogP contribution in [0.15, 0.2) is 24.3 Å². The normalized spacial score (nSPS) is 17.7. The average molecular weight is 313 g/mol. The van der Waals surface area contributed by atoms with Crippen LogP contribution in [0, 0.1) is 5.92 Å². The van der Waals surface area contributed by atoms with E-state index >= 15 is 0 Å². The zero-order chi connectivity index (χ0) is 14.6. The SMILES string of the molecule is COc1ccc(C2(NC(=O)C(C)CN)CCCC2)cc1.Cl. The molecule has 1 unspecified atom stereocenters. The summed E-state index contributed by atoms with van der Waals surface area (Å²) in [5.41, 5.74) is 6.52. The maximum absolute atomic E-state index is 12.2. The molecule has 21 heavy (non-hydrogen) atoms. The van der Waals surface area contributed by atoms with Crippen molar-refractivity contribution >= 4 is 18.3 Å². The number of benzene rings is 1. The van der Waals surface area contributed by atoms with E-state index in [0.29, 0.717) is 6.54 Å². The fourth-order valence-electron chi connectivity index (χ4n) is 2.84.